The molecule has 0 atom stereocenters. The fourth-order valence-electron chi connectivity index (χ4n) is 9.41. The zero-order valence-corrected chi connectivity index (χ0v) is 43.1. The van der Waals surface area contributed by atoms with Gasteiger partial charge in [0.2, 0.25) is 0 Å². The van der Waals surface area contributed by atoms with Crippen LogP contribution in [0.5, 0.6) is 46.0 Å². The summed E-state index contributed by atoms with van der Waals surface area (Å²) in [5.74, 6) is 7.20. The number of hydrogen-bond acceptors (Lipinski definition) is 14. The van der Waals surface area contributed by atoms with E-state index >= 15 is 0 Å². The lowest BCUT2D eigenvalue weighted by atomic mass is 10.1. The Labute approximate surface area is 458 Å². The van der Waals surface area contributed by atoms with Crippen molar-refractivity contribution >= 4 is 44.1 Å². The Balaban J connectivity index is 0.933. The van der Waals surface area contributed by atoms with Crippen molar-refractivity contribution in [1.29, 1.82) is 0 Å². The van der Waals surface area contributed by atoms with E-state index in [1.165, 1.54) is 0 Å². The molecule has 0 saturated carbocycles. The van der Waals surface area contributed by atoms with Crippen LogP contribution in [0, 0.1) is 0 Å². The number of benzene rings is 8. The van der Waals surface area contributed by atoms with Gasteiger partial charge < -0.3 is 47.9 Å². The molecule has 0 amide bonds. The molecule has 0 aliphatic carbocycles. The lowest BCUT2D eigenvalue weighted by Crippen LogP contribution is -2.08. The second kappa shape index (κ2) is 22.6. The van der Waals surface area contributed by atoms with Gasteiger partial charge in [-0.3, -0.25) is 0 Å². The number of hydrogen-bond donors (Lipinski definition) is 2. The standard InChI is InChI=1S/C64H50N8O8/c1-5-13-41(14-6-1)73-29-33-77-45-21-25-49-53(37-45)61-65-57(49)70-62-55-39-47(79-35-31-75-43-17-9-3-10-18-43)23-27-51(55)59(67-62)72-64-56-40-48(80-36-32-76-44-19-11-4-12-20-44)24-28-52(56)60(68-64)71-63-54-38-46(22-26-50(54)58(66-63)69-61)78-34-30-74-42-15-7-2-8-16-42/h1-28,37-40H,29-36H2,(H2,65,66,67,68,69,70,71,72). The van der Waals surface area contributed by atoms with Crippen molar-refractivity contribution in [3.8, 4) is 91.5 Å². The van der Waals surface area contributed by atoms with E-state index in [0.29, 0.717) is 122 Å². The minimum atomic E-state index is 0.306. The molecule has 3 aromatic heterocycles. The molecule has 2 aliphatic rings. The molecule has 8 bridgehead atoms. The highest BCUT2D eigenvalue weighted by atomic mass is 16.5. The van der Waals surface area contributed by atoms with Crippen molar-refractivity contribution in [2.75, 3.05) is 52.9 Å². The highest BCUT2D eigenvalue weighted by Crippen LogP contribution is 2.40. The molecule has 80 heavy (non-hydrogen) atoms. The number of fused-ring (bicyclic) bond motifs is 20. The third kappa shape index (κ3) is 10.9. The predicted octanol–water partition coefficient (Wildman–Crippen LogP) is 12.7. The smallest absolute Gasteiger partial charge is 0.164 e. The monoisotopic (exact) mass is 1060 g/mol. The Hall–Kier alpha value is -10.5. The van der Waals surface area contributed by atoms with Crippen LogP contribution < -0.4 is 37.9 Å². The minimum Gasteiger partial charge on any atom is -0.490 e. The third-order valence-corrected chi connectivity index (χ3v) is 13.2. The summed E-state index contributed by atoms with van der Waals surface area (Å²) in [4.78, 5) is 38.5. The first-order valence-electron chi connectivity index (χ1n) is 26.2. The summed E-state index contributed by atoms with van der Waals surface area (Å²) in [6.45, 7) is 2.62. The Morgan fingerprint density at radius 3 is 0.812 bits per heavy atom. The van der Waals surface area contributed by atoms with Crippen LogP contribution in [0.3, 0.4) is 0 Å². The summed E-state index contributed by atoms with van der Waals surface area (Å²) >= 11 is 0. The maximum absolute atomic E-state index is 6.28. The van der Waals surface area contributed by atoms with Crippen LogP contribution in [0.25, 0.3) is 89.7 Å². The van der Waals surface area contributed by atoms with Crippen LogP contribution in [-0.4, -0.2) is 92.7 Å². The van der Waals surface area contributed by atoms with Gasteiger partial charge in [-0.25, -0.2) is 29.9 Å². The van der Waals surface area contributed by atoms with Crippen LogP contribution >= 0.6 is 0 Å². The van der Waals surface area contributed by atoms with Gasteiger partial charge in [-0.05, 0) is 121 Å². The predicted molar refractivity (Wildman–Crippen MR) is 306 cm³/mol. The first-order chi connectivity index (χ1) is 39.6. The summed E-state index contributed by atoms with van der Waals surface area (Å²) in [6.07, 6.45) is 0. The van der Waals surface area contributed by atoms with E-state index in [9.17, 15) is 0 Å². The number of H-pyrrole nitrogens is 2. The van der Waals surface area contributed by atoms with Gasteiger partial charge in [-0.15, -0.1) is 0 Å². The first-order valence-corrected chi connectivity index (χ1v) is 26.2. The average molecular weight is 1060 g/mol. The fraction of sp³-hybridized carbons (Fsp3) is 0.125. The normalized spacial score (nSPS) is 11.4. The van der Waals surface area contributed by atoms with Crippen LogP contribution in [-0.2, 0) is 0 Å². The molecule has 0 spiro atoms. The fourth-order valence-corrected chi connectivity index (χ4v) is 9.41. The molecule has 0 radical (unpaired) electrons. The molecular weight excluding hydrogens is 1010 g/mol. The van der Waals surface area contributed by atoms with Gasteiger partial charge >= 0.3 is 0 Å². The van der Waals surface area contributed by atoms with E-state index in [1.807, 2.05) is 194 Å². The molecule has 8 aromatic carbocycles. The number of aromatic nitrogens is 8. The summed E-state index contributed by atoms with van der Waals surface area (Å²) in [5.41, 5.74) is 4.95. The van der Waals surface area contributed by atoms with Crippen LogP contribution in [0.4, 0.5) is 0 Å². The number of aromatic amines is 2. The van der Waals surface area contributed by atoms with Gasteiger partial charge in [-0.2, -0.15) is 0 Å². The van der Waals surface area contributed by atoms with Crippen molar-refractivity contribution in [3.63, 3.8) is 0 Å². The molecule has 16 nitrogen and oxygen atoms in total. The van der Waals surface area contributed by atoms with Crippen molar-refractivity contribution in [2.24, 2.45) is 0 Å². The van der Waals surface area contributed by atoms with Gasteiger partial charge in [0.05, 0.1) is 0 Å². The summed E-state index contributed by atoms with van der Waals surface area (Å²) in [7, 11) is 0. The SMILES string of the molecule is c1ccc(OCCOc2ccc3c(c2)-c2nc-3nc3[nH]c(nc4nc(nc5[nH]c(n2)c2ccc(OCCOc6ccccc6)cc52)-c2ccc(OCCOc5ccccc5)cc2-4)c2ccc(OCCOc4ccccc4)cc32)cc1. The second-order valence-electron chi connectivity index (χ2n) is 18.5. The Kier molecular flexibility index (Phi) is 13.9. The molecule has 0 saturated heterocycles. The molecule has 11 aromatic rings. The van der Waals surface area contributed by atoms with Crippen LogP contribution in [0.15, 0.2) is 194 Å². The van der Waals surface area contributed by atoms with Crippen molar-refractivity contribution in [2.45, 2.75) is 0 Å². The van der Waals surface area contributed by atoms with Crippen molar-refractivity contribution in [3.05, 3.63) is 194 Å². The molecule has 5 heterocycles. The number of nitrogens with zero attached hydrogens (tertiary/aromatic N) is 6. The van der Waals surface area contributed by atoms with E-state index in [1.54, 1.807) is 0 Å². The Bertz CT molecular complexity index is 3900. The summed E-state index contributed by atoms with van der Waals surface area (Å²) < 4.78 is 48.9. The van der Waals surface area contributed by atoms with Crippen LogP contribution in [0.2, 0.25) is 0 Å². The van der Waals surface area contributed by atoms with Gasteiger partial charge in [-0.1, -0.05) is 72.8 Å². The van der Waals surface area contributed by atoms with Gasteiger partial charge in [0.15, 0.2) is 23.3 Å². The molecule has 0 fully saturated rings. The van der Waals surface area contributed by atoms with E-state index < -0.39 is 0 Å². The van der Waals surface area contributed by atoms with E-state index in [2.05, 4.69) is 9.97 Å². The zero-order chi connectivity index (χ0) is 53.5. The van der Waals surface area contributed by atoms with Crippen molar-refractivity contribution in [1.82, 2.24) is 39.9 Å². The number of nitrogens with one attached hydrogen (secondary N) is 2. The van der Waals surface area contributed by atoms with Crippen molar-refractivity contribution < 1.29 is 37.9 Å². The maximum Gasteiger partial charge on any atom is 0.164 e. The lowest BCUT2D eigenvalue weighted by molar-refractivity contribution is 0.217. The largest absolute Gasteiger partial charge is 0.490 e. The summed E-state index contributed by atoms with van der Waals surface area (Å²) in [5, 5.41) is 3.04. The maximum atomic E-state index is 6.28. The average Bonchev–Trinajstić information content (AvgIpc) is 4.25. The summed E-state index contributed by atoms with van der Waals surface area (Å²) in [6, 6.07) is 61.8. The van der Waals surface area contributed by atoms with Gasteiger partial charge in [0.25, 0.3) is 0 Å². The molecule has 2 aliphatic heterocycles. The highest BCUT2D eigenvalue weighted by Gasteiger charge is 2.24. The first kappa shape index (κ1) is 49.1. The number of para-hydroxylation sites is 4. The van der Waals surface area contributed by atoms with E-state index in [0.717, 1.165) is 66.8 Å². The second-order valence-corrected chi connectivity index (χ2v) is 18.5. The Morgan fingerprint density at radius 1 is 0.225 bits per heavy atom. The van der Waals surface area contributed by atoms with Gasteiger partial charge in [0.1, 0.15) is 121 Å². The van der Waals surface area contributed by atoms with Crippen LogP contribution in [0.1, 0.15) is 0 Å². The van der Waals surface area contributed by atoms with E-state index in [-0.39, 0.29) is 0 Å². The van der Waals surface area contributed by atoms with Gasteiger partial charge in [0, 0.05) is 43.8 Å². The molecule has 394 valence electrons. The zero-order valence-electron chi connectivity index (χ0n) is 43.1. The lowest BCUT2D eigenvalue weighted by Gasteiger charge is -2.09. The highest BCUT2D eigenvalue weighted by molar-refractivity contribution is 6.07. The molecule has 0 unspecified atom stereocenters. The Morgan fingerprint density at radius 2 is 0.487 bits per heavy atom. The topological polar surface area (TPSA) is 183 Å². The molecular formula is C64H50N8O8. The molecule has 16 heteroatoms. The number of rotatable bonds is 20. The molecule has 13 rings (SSSR count). The minimum absolute atomic E-state index is 0.306. The third-order valence-electron chi connectivity index (χ3n) is 13.2. The molecule has 2 N–H and O–H groups in total. The van der Waals surface area contributed by atoms with E-state index in [4.69, 9.17) is 67.8 Å². The quantitative estimate of drug-likeness (QED) is 0.0688. The number of ether oxygens (including phenoxy) is 8.